The van der Waals surface area contributed by atoms with Gasteiger partial charge in [0.05, 0.1) is 17.5 Å². The number of hydrogen-bond donors (Lipinski definition) is 3. The maximum absolute atomic E-state index is 12.1. The second-order valence-corrected chi connectivity index (χ2v) is 8.18. The molecule has 7 heteroatoms. The molecule has 1 rings (SSSR count). The van der Waals surface area contributed by atoms with E-state index in [9.17, 15) is 13.2 Å². The van der Waals surface area contributed by atoms with E-state index in [0.29, 0.717) is 17.8 Å². The molecule has 1 atom stereocenters. The first kappa shape index (κ1) is 18.4. The fourth-order valence-electron chi connectivity index (χ4n) is 1.77. The van der Waals surface area contributed by atoms with Crippen molar-refractivity contribution in [2.45, 2.75) is 40.2 Å². The summed E-state index contributed by atoms with van der Waals surface area (Å²) < 4.78 is 26.0. The van der Waals surface area contributed by atoms with Gasteiger partial charge in [0.2, 0.25) is 15.9 Å². The molecule has 0 saturated carbocycles. The minimum absolute atomic E-state index is 0.0541. The van der Waals surface area contributed by atoms with Crippen LogP contribution >= 0.6 is 0 Å². The molecule has 0 spiro atoms. The normalized spacial score (nSPS) is 13.5. The lowest BCUT2D eigenvalue weighted by Gasteiger charge is -2.25. The number of amides is 1. The van der Waals surface area contributed by atoms with Gasteiger partial charge in [-0.25, -0.2) is 8.42 Å². The van der Waals surface area contributed by atoms with Crippen LogP contribution < -0.4 is 15.8 Å². The van der Waals surface area contributed by atoms with Crippen LogP contribution in [0, 0.1) is 5.41 Å². The van der Waals surface area contributed by atoms with Crippen molar-refractivity contribution in [2.75, 3.05) is 15.8 Å². The Hall–Kier alpha value is -1.60. The van der Waals surface area contributed by atoms with Crippen LogP contribution in [-0.2, 0) is 14.8 Å². The predicted molar refractivity (Wildman–Crippen MR) is 90.2 cm³/mol. The van der Waals surface area contributed by atoms with Gasteiger partial charge in [0, 0.05) is 5.69 Å². The highest BCUT2D eigenvalue weighted by Crippen LogP contribution is 2.21. The highest BCUT2D eigenvalue weighted by molar-refractivity contribution is 7.92. The molecule has 1 aromatic rings. The number of hydrogen-bond acceptors (Lipinski definition) is 4. The third-order valence-electron chi connectivity index (χ3n) is 3.09. The Morgan fingerprint density at radius 3 is 2.41 bits per heavy atom. The molecule has 0 aliphatic carbocycles. The lowest BCUT2D eigenvalue weighted by molar-refractivity contribution is -0.119. The summed E-state index contributed by atoms with van der Waals surface area (Å²) in [6.07, 6.45) is 0.534. The summed E-state index contributed by atoms with van der Waals surface area (Å²) in [5.74, 6) is -0.251. The maximum atomic E-state index is 12.1. The Kier molecular flexibility index (Phi) is 5.96. The van der Waals surface area contributed by atoms with Gasteiger partial charge in [-0.3, -0.25) is 9.52 Å². The summed E-state index contributed by atoms with van der Waals surface area (Å²) in [7, 11) is -3.36. The molecule has 0 aliphatic heterocycles. The molecule has 0 bridgehead atoms. The van der Waals surface area contributed by atoms with Crippen molar-refractivity contribution in [3.05, 3.63) is 24.3 Å². The van der Waals surface area contributed by atoms with E-state index in [1.165, 1.54) is 0 Å². The van der Waals surface area contributed by atoms with Gasteiger partial charge in [0.25, 0.3) is 0 Å². The van der Waals surface area contributed by atoms with Crippen LogP contribution in [0.15, 0.2) is 24.3 Å². The van der Waals surface area contributed by atoms with E-state index in [1.807, 2.05) is 20.8 Å². The van der Waals surface area contributed by atoms with Crippen LogP contribution in [0.2, 0.25) is 0 Å². The second-order valence-electron chi connectivity index (χ2n) is 6.33. The Morgan fingerprint density at radius 2 is 1.86 bits per heavy atom. The van der Waals surface area contributed by atoms with E-state index in [4.69, 9.17) is 5.73 Å². The fraction of sp³-hybridized carbons (Fsp3) is 0.533. The van der Waals surface area contributed by atoms with Crippen molar-refractivity contribution < 1.29 is 13.2 Å². The highest BCUT2D eigenvalue weighted by Gasteiger charge is 2.27. The number of carbonyl (C=O) groups is 1. The number of nitrogens with two attached hydrogens (primary N) is 1. The Bertz CT molecular complexity index is 621. The SMILES string of the molecule is CCCS(=O)(=O)Nc1cccc(NC(=O)[C@@H](N)C(C)(C)C)c1. The van der Waals surface area contributed by atoms with Crippen molar-refractivity contribution in [3.8, 4) is 0 Å². The molecule has 22 heavy (non-hydrogen) atoms. The summed E-state index contributed by atoms with van der Waals surface area (Å²) in [4.78, 5) is 12.1. The molecule has 4 N–H and O–H groups in total. The van der Waals surface area contributed by atoms with Gasteiger partial charge >= 0.3 is 0 Å². The highest BCUT2D eigenvalue weighted by atomic mass is 32.2. The van der Waals surface area contributed by atoms with Crippen LogP contribution in [0.5, 0.6) is 0 Å². The maximum Gasteiger partial charge on any atom is 0.241 e. The van der Waals surface area contributed by atoms with Crippen molar-refractivity contribution >= 4 is 27.3 Å². The van der Waals surface area contributed by atoms with E-state index >= 15 is 0 Å². The lowest BCUT2D eigenvalue weighted by Crippen LogP contribution is -2.45. The van der Waals surface area contributed by atoms with E-state index < -0.39 is 16.1 Å². The number of sulfonamides is 1. The van der Waals surface area contributed by atoms with E-state index in [1.54, 1.807) is 31.2 Å². The Balaban J connectivity index is 2.83. The summed E-state index contributed by atoms with van der Waals surface area (Å²) >= 11 is 0. The van der Waals surface area contributed by atoms with Gasteiger partial charge in [-0.15, -0.1) is 0 Å². The van der Waals surface area contributed by atoms with Crippen molar-refractivity contribution in [2.24, 2.45) is 11.1 Å². The quantitative estimate of drug-likeness (QED) is 0.745. The van der Waals surface area contributed by atoms with Gasteiger partial charge < -0.3 is 11.1 Å². The molecule has 1 amide bonds. The monoisotopic (exact) mass is 327 g/mol. The minimum atomic E-state index is -3.36. The molecule has 6 nitrogen and oxygen atoms in total. The minimum Gasteiger partial charge on any atom is -0.325 e. The van der Waals surface area contributed by atoms with E-state index in [-0.39, 0.29) is 17.1 Å². The van der Waals surface area contributed by atoms with Crippen molar-refractivity contribution in [1.29, 1.82) is 0 Å². The number of carbonyl (C=O) groups excluding carboxylic acids is 1. The molecule has 0 radical (unpaired) electrons. The molecule has 0 saturated heterocycles. The summed E-state index contributed by atoms with van der Waals surface area (Å²) in [5.41, 5.74) is 6.46. The van der Waals surface area contributed by atoms with Crippen LogP contribution in [0.3, 0.4) is 0 Å². The number of anilines is 2. The Morgan fingerprint density at radius 1 is 1.27 bits per heavy atom. The zero-order chi connectivity index (χ0) is 17.0. The first-order chi connectivity index (χ1) is 10.0. The number of nitrogens with one attached hydrogen (secondary N) is 2. The summed E-state index contributed by atoms with van der Waals surface area (Å²) in [6.45, 7) is 7.44. The van der Waals surface area contributed by atoms with Crippen LogP contribution in [0.1, 0.15) is 34.1 Å². The molecule has 0 fully saturated rings. The molecular formula is C15H25N3O3S. The van der Waals surface area contributed by atoms with Gasteiger partial charge in [0.15, 0.2) is 0 Å². The standard InChI is InChI=1S/C15H25N3O3S/c1-5-9-22(20,21)18-12-8-6-7-11(10-12)17-14(19)13(16)15(2,3)4/h6-8,10,13,18H,5,9,16H2,1-4H3,(H,17,19)/t13-/m1/s1. The molecule has 124 valence electrons. The lowest BCUT2D eigenvalue weighted by atomic mass is 9.87. The zero-order valence-corrected chi connectivity index (χ0v) is 14.3. The van der Waals surface area contributed by atoms with Gasteiger partial charge in [0.1, 0.15) is 0 Å². The van der Waals surface area contributed by atoms with Crippen LogP contribution in [-0.4, -0.2) is 26.1 Å². The molecular weight excluding hydrogens is 302 g/mol. The van der Waals surface area contributed by atoms with Crippen LogP contribution in [0.25, 0.3) is 0 Å². The number of rotatable bonds is 6. The molecule has 0 aliphatic rings. The van der Waals surface area contributed by atoms with Crippen LogP contribution in [0.4, 0.5) is 11.4 Å². The first-order valence-electron chi connectivity index (χ1n) is 7.22. The molecule has 0 heterocycles. The average Bonchev–Trinajstić information content (AvgIpc) is 2.36. The smallest absolute Gasteiger partial charge is 0.241 e. The Labute approximate surface area is 132 Å². The van der Waals surface area contributed by atoms with Crippen molar-refractivity contribution in [3.63, 3.8) is 0 Å². The third-order valence-corrected chi connectivity index (χ3v) is 4.58. The van der Waals surface area contributed by atoms with Gasteiger partial charge in [-0.2, -0.15) is 0 Å². The average molecular weight is 327 g/mol. The topological polar surface area (TPSA) is 101 Å². The first-order valence-corrected chi connectivity index (χ1v) is 8.87. The van der Waals surface area contributed by atoms with E-state index in [0.717, 1.165) is 0 Å². The summed E-state index contributed by atoms with van der Waals surface area (Å²) in [5, 5.41) is 2.71. The second kappa shape index (κ2) is 7.11. The fourth-order valence-corrected chi connectivity index (χ4v) is 2.90. The third kappa shape index (κ3) is 5.65. The molecule has 0 aromatic heterocycles. The predicted octanol–water partition coefficient (Wildman–Crippen LogP) is 2.15. The van der Waals surface area contributed by atoms with E-state index in [2.05, 4.69) is 10.0 Å². The van der Waals surface area contributed by atoms with Gasteiger partial charge in [-0.05, 0) is 30.0 Å². The largest absolute Gasteiger partial charge is 0.325 e. The molecule has 0 unspecified atom stereocenters. The number of benzene rings is 1. The molecule has 1 aromatic carbocycles. The van der Waals surface area contributed by atoms with Crippen molar-refractivity contribution in [1.82, 2.24) is 0 Å². The summed E-state index contributed by atoms with van der Waals surface area (Å²) in [6, 6.07) is 5.90. The van der Waals surface area contributed by atoms with Gasteiger partial charge in [-0.1, -0.05) is 33.8 Å². The zero-order valence-electron chi connectivity index (χ0n) is 13.5.